The highest BCUT2D eigenvalue weighted by molar-refractivity contribution is 6.30. The molecule has 0 radical (unpaired) electrons. The van der Waals surface area contributed by atoms with Crippen LogP contribution in [0.15, 0.2) is 54.6 Å². The fourth-order valence-corrected chi connectivity index (χ4v) is 2.08. The van der Waals surface area contributed by atoms with Gasteiger partial charge < -0.3 is 10.5 Å². The highest BCUT2D eigenvalue weighted by atomic mass is 35.5. The summed E-state index contributed by atoms with van der Waals surface area (Å²) in [5, 5.41) is 3.79. The summed E-state index contributed by atoms with van der Waals surface area (Å²) in [5.41, 5.74) is 7.49. The number of nitrogens with one attached hydrogen (secondary N) is 1. The highest BCUT2D eigenvalue weighted by Gasteiger charge is 2.14. The summed E-state index contributed by atoms with van der Waals surface area (Å²) in [6, 6.07) is 16.7. The van der Waals surface area contributed by atoms with Crippen molar-refractivity contribution >= 4 is 17.5 Å². The van der Waals surface area contributed by atoms with E-state index in [1.165, 1.54) is 0 Å². The van der Waals surface area contributed by atoms with Crippen LogP contribution in [0, 0.1) is 0 Å². The summed E-state index contributed by atoms with van der Waals surface area (Å²) in [7, 11) is 0. The molecule has 0 spiro atoms. The number of rotatable bonds is 8. The van der Waals surface area contributed by atoms with Gasteiger partial charge in [0.2, 0.25) is 5.91 Å². The molecule has 2 aromatic carbocycles. The van der Waals surface area contributed by atoms with E-state index in [1.54, 1.807) is 12.1 Å². The molecular formula is C17H19ClN2O2. The van der Waals surface area contributed by atoms with E-state index < -0.39 is 11.9 Å². The van der Waals surface area contributed by atoms with Crippen molar-refractivity contribution in [3.8, 4) is 0 Å². The fraction of sp³-hybridized carbons (Fsp3) is 0.235. The lowest BCUT2D eigenvalue weighted by atomic mass is 10.2. The molecular weight excluding hydrogens is 300 g/mol. The van der Waals surface area contributed by atoms with Gasteiger partial charge in [-0.2, -0.15) is 0 Å². The molecule has 0 aliphatic rings. The average molecular weight is 319 g/mol. The molecule has 0 aliphatic carbocycles. The minimum Gasteiger partial charge on any atom is -0.375 e. The molecule has 2 aromatic rings. The third-order valence-electron chi connectivity index (χ3n) is 3.21. The molecule has 5 heteroatoms. The van der Waals surface area contributed by atoms with Crippen molar-refractivity contribution in [1.82, 2.24) is 5.32 Å². The average Bonchev–Trinajstić information content (AvgIpc) is 2.53. The van der Waals surface area contributed by atoms with E-state index in [1.807, 2.05) is 42.5 Å². The zero-order chi connectivity index (χ0) is 15.8. The number of benzene rings is 2. The van der Waals surface area contributed by atoms with Crippen LogP contribution in [0.2, 0.25) is 5.02 Å². The van der Waals surface area contributed by atoms with Gasteiger partial charge in [0, 0.05) is 11.6 Å². The Labute approximate surface area is 135 Å². The second-order valence-electron chi connectivity index (χ2n) is 4.96. The molecule has 0 saturated heterocycles. The van der Waals surface area contributed by atoms with E-state index in [0.717, 1.165) is 11.1 Å². The lowest BCUT2D eigenvalue weighted by molar-refractivity contribution is -0.121. The van der Waals surface area contributed by atoms with E-state index >= 15 is 0 Å². The molecule has 2 rings (SSSR count). The SMILES string of the molecule is NC(=O)C(COCc1ccc(Cl)cc1)NCc1ccccc1. The van der Waals surface area contributed by atoms with E-state index in [9.17, 15) is 4.79 Å². The topological polar surface area (TPSA) is 64.4 Å². The lowest BCUT2D eigenvalue weighted by Crippen LogP contribution is -2.44. The van der Waals surface area contributed by atoms with Crippen LogP contribution in [0.25, 0.3) is 0 Å². The Kier molecular flexibility index (Phi) is 6.40. The maximum Gasteiger partial charge on any atom is 0.236 e. The smallest absolute Gasteiger partial charge is 0.236 e. The lowest BCUT2D eigenvalue weighted by Gasteiger charge is -2.16. The van der Waals surface area contributed by atoms with Crippen LogP contribution in [0.3, 0.4) is 0 Å². The molecule has 0 heterocycles. The van der Waals surface area contributed by atoms with E-state index in [-0.39, 0.29) is 6.61 Å². The Bertz CT molecular complexity index is 587. The number of primary amides is 1. The number of nitrogens with two attached hydrogens (primary N) is 1. The van der Waals surface area contributed by atoms with Gasteiger partial charge in [0.05, 0.1) is 13.2 Å². The van der Waals surface area contributed by atoms with Gasteiger partial charge in [-0.25, -0.2) is 0 Å². The molecule has 0 fully saturated rings. The van der Waals surface area contributed by atoms with Crippen molar-refractivity contribution in [3.63, 3.8) is 0 Å². The Balaban J connectivity index is 1.79. The van der Waals surface area contributed by atoms with Crippen molar-refractivity contribution in [2.24, 2.45) is 5.73 Å². The summed E-state index contributed by atoms with van der Waals surface area (Å²) in [6.45, 7) is 1.21. The minimum atomic E-state index is -0.521. The number of halogens is 1. The van der Waals surface area contributed by atoms with Crippen LogP contribution in [0.5, 0.6) is 0 Å². The van der Waals surface area contributed by atoms with Crippen LogP contribution >= 0.6 is 11.6 Å². The summed E-state index contributed by atoms with van der Waals surface area (Å²) >= 11 is 5.83. The van der Waals surface area contributed by atoms with E-state index in [4.69, 9.17) is 22.1 Å². The van der Waals surface area contributed by atoms with Crippen molar-refractivity contribution in [1.29, 1.82) is 0 Å². The van der Waals surface area contributed by atoms with Crippen molar-refractivity contribution in [3.05, 3.63) is 70.7 Å². The second kappa shape index (κ2) is 8.54. The highest BCUT2D eigenvalue weighted by Crippen LogP contribution is 2.10. The molecule has 0 saturated carbocycles. The molecule has 3 N–H and O–H groups in total. The summed E-state index contributed by atoms with van der Waals surface area (Å²) in [4.78, 5) is 11.5. The van der Waals surface area contributed by atoms with Crippen molar-refractivity contribution < 1.29 is 9.53 Å². The molecule has 0 bridgehead atoms. The van der Waals surface area contributed by atoms with Gasteiger partial charge in [-0.3, -0.25) is 10.1 Å². The first-order chi connectivity index (χ1) is 10.6. The molecule has 4 nitrogen and oxygen atoms in total. The first-order valence-corrected chi connectivity index (χ1v) is 7.42. The third-order valence-corrected chi connectivity index (χ3v) is 3.46. The van der Waals surface area contributed by atoms with E-state index in [0.29, 0.717) is 18.2 Å². The van der Waals surface area contributed by atoms with Gasteiger partial charge in [-0.05, 0) is 23.3 Å². The zero-order valence-electron chi connectivity index (χ0n) is 12.2. The summed E-state index contributed by atoms with van der Waals surface area (Å²) < 4.78 is 5.57. The molecule has 0 aromatic heterocycles. The van der Waals surface area contributed by atoms with Gasteiger partial charge in [0.25, 0.3) is 0 Å². The molecule has 0 aliphatic heterocycles. The first kappa shape index (κ1) is 16.5. The van der Waals surface area contributed by atoms with Crippen LogP contribution in [0.4, 0.5) is 0 Å². The quantitative estimate of drug-likeness (QED) is 0.786. The summed E-state index contributed by atoms with van der Waals surface area (Å²) in [5.74, 6) is -0.424. The van der Waals surface area contributed by atoms with Crippen LogP contribution < -0.4 is 11.1 Å². The van der Waals surface area contributed by atoms with Crippen LogP contribution in [0.1, 0.15) is 11.1 Å². The summed E-state index contributed by atoms with van der Waals surface area (Å²) in [6.07, 6.45) is 0. The number of carbonyl (C=O) groups excluding carboxylic acids is 1. The molecule has 22 heavy (non-hydrogen) atoms. The van der Waals surface area contributed by atoms with Gasteiger partial charge in [0.1, 0.15) is 6.04 Å². The third kappa shape index (κ3) is 5.48. The monoisotopic (exact) mass is 318 g/mol. The first-order valence-electron chi connectivity index (χ1n) is 7.04. The molecule has 1 atom stereocenters. The van der Waals surface area contributed by atoms with Gasteiger partial charge in [-0.15, -0.1) is 0 Å². The van der Waals surface area contributed by atoms with Gasteiger partial charge in [-0.1, -0.05) is 54.1 Å². The van der Waals surface area contributed by atoms with E-state index in [2.05, 4.69) is 5.32 Å². The fourth-order valence-electron chi connectivity index (χ4n) is 1.95. The number of hydrogen-bond acceptors (Lipinski definition) is 3. The van der Waals surface area contributed by atoms with Gasteiger partial charge >= 0.3 is 0 Å². The number of amides is 1. The van der Waals surface area contributed by atoms with Crippen molar-refractivity contribution in [2.45, 2.75) is 19.2 Å². The molecule has 1 amide bonds. The van der Waals surface area contributed by atoms with Crippen molar-refractivity contribution in [2.75, 3.05) is 6.61 Å². The molecule has 116 valence electrons. The largest absolute Gasteiger partial charge is 0.375 e. The maximum absolute atomic E-state index is 11.5. The predicted octanol–water partition coefficient (Wildman–Crippen LogP) is 2.50. The molecule has 1 unspecified atom stereocenters. The number of hydrogen-bond donors (Lipinski definition) is 2. The Morgan fingerprint density at radius 1 is 1.09 bits per heavy atom. The Morgan fingerprint density at radius 3 is 2.41 bits per heavy atom. The minimum absolute atomic E-state index is 0.227. The Hall–Kier alpha value is -1.88. The zero-order valence-corrected chi connectivity index (χ0v) is 12.9. The van der Waals surface area contributed by atoms with Gasteiger partial charge in [0.15, 0.2) is 0 Å². The predicted molar refractivity (Wildman–Crippen MR) is 87.4 cm³/mol. The standard InChI is InChI=1S/C17H19ClN2O2/c18-15-8-6-14(7-9-15)11-22-12-16(17(19)21)20-10-13-4-2-1-3-5-13/h1-9,16,20H,10-12H2,(H2,19,21). The number of carbonyl (C=O) groups is 1. The second-order valence-corrected chi connectivity index (χ2v) is 5.40. The van der Waals surface area contributed by atoms with Crippen LogP contribution in [-0.4, -0.2) is 18.6 Å². The maximum atomic E-state index is 11.5. The van der Waals surface area contributed by atoms with Crippen LogP contribution in [-0.2, 0) is 22.7 Å². The normalized spacial score (nSPS) is 12.0. The Morgan fingerprint density at radius 2 is 1.77 bits per heavy atom. The number of ether oxygens (including phenoxy) is 1.